The smallest absolute Gasteiger partial charge is 0.0524 e. The van der Waals surface area contributed by atoms with E-state index in [1.807, 2.05) is 0 Å². The Labute approximate surface area is 110 Å². The Balaban J connectivity index is 1.66. The van der Waals surface area contributed by atoms with Crippen molar-refractivity contribution in [2.24, 2.45) is 0 Å². The van der Waals surface area contributed by atoms with Crippen molar-refractivity contribution in [3.63, 3.8) is 0 Å². The summed E-state index contributed by atoms with van der Waals surface area (Å²) >= 11 is 0. The van der Waals surface area contributed by atoms with E-state index in [4.69, 9.17) is 0 Å². The van der Waals surface area contributed by atoms with Gasteiger partial charge in [0, 0.05) is 18.2 Å². The van der Waals surface area contributed by atoms with Crippen LogP contribution < -0.4 is 5.32 Å². The first-order valence-electron chi connectivity index (χ1n) is 7.69. The Morgan fingerprint density at radius 2 is 1.89 bits per heavy atom. The molecular weight excluding hydrogens is 222 g/mol. The van der Waals surface area contributed by atoms with Crippen LogP contribution in [0.1, 0.15) is 68.5 Å². The van der Waals surface area contributed by atoms with Crippen molar-refractivity contribution in [1.29, 1.82) is 0 Å². The summed E-state index contributed by atoms with van der Waals surface area (Å²) in [7, 11) is 0. The fraction of sp³-hybridized carbons (Fsp3) is 0.800. The second-order valence-electron chi connectivity index (χ2n) is 5.99. The van der Waals surface area contributed by atoms with Gasteiger partial charge in [-0.25, -0.2) is 0 Å². The van der Waals surface area contributed by atoms with Gasteiger partial charge in [-0.05, 0) is 43.7 Å². The summed E-state index contributed by atoms with van der Waals surface area (Å²) in [4.78, 5) is 0. The Morgan fingerprint density at radius 1 is 1.06 bits per heavy atom. The van der Waals surface area contributed by atoms with Gasteiger partial charge in [0.25, 0.3) is 0 Å². The molecule has 2 heterocycles. The zero-order valence-electron chi connectivity index (χ0n) is 11.3. The van der Waals surface area contributed by atoms with Crippen LogP contribution in [0.5, 0.6) is 0 Å². The molecule has 0 radical (unpaired) electrons. The van der Waals surface area contributed by atoms with Gasteiger partial charge in [-0.2, -0.15) is 5.10 Å². The number of aromatic amines is 1. The summed E-state index contributed by atoms with van der Waals surface area (Å²) in [5, 5.41) is 11.2. The van der Waals surface area contributed by atoms with Crippen LogP contribution in [0, 0.1) is 0 Å². The highest BCUT2D eigenvalue weighted by Crippen LogP contribution is 2.34. The monoisotopic (exact) mass is 247 g/mol. The molecule has 0 spiro atoms. The topological polar surface area (TPSA) is 40.7 Å². The number of hydrogen-bond acceptors (Lipinski definition) is 2. The van der Waals surface area contributed by atoms with Crippen LogP contribution in [-0.4, -0.2) is 22.8 Å². The maximum atomic E-state index is 4.31. The van der Waals surface area contributed by atoms with Gasteiger partial charge in [0.1, 0.15) is 0 Å². The predicted octanol–water partition coefficient (Wildman–Crippen LogP) is 3.14. The lowest BCUT2D eigenvalue weighted by Gasteiger charge is -2.25. The van der Waals surface area contributed by atoms with Crippen LogP contribution in [0.2, 0.25) is 0 Å². The number of piperidine rings is 1. The predicted molar refractivity (Wildman–Crippen MR) is 73.8 cm³/mol. The lowest BCUT2D eigenvalue weighted by atomic mass is 9.83. The van der Waals surface area contributed by atoms with Crippen molar-refractivity contribution < 1.29 is 0 Å². The van der Waals surface area contributed by atoms with Crippen LogP contribution >= 0.6 is 0 Å². The minimum absolute atomic E-state index is 0.668. The fourth-order valence-corrected chi connectivity index (χ4v) is 3.60. The molecule has 1 aliphatic heterocycles. The Bertz CT molecular complexity index is 360. The van der Waals surface area contributed by atoms with Gasteiger partial charge in [0.15, 0.2) is 0 Å². The van der Waals surface area contributed by atoms with Gasteiger partial charge in [-0.3, -0.25) is 5.10 Å². The van der Waals surface area contributed by atoms with E-state index < -0.39 is 0 Å². The van der Waals surface area contributed by atoms with Crippen molar-refractivity contribution in [3.05, 3.63) is 17.5 Å². The summed E-state index contributed by atoms with van der Waals surface area (Å²) in [6.45, 7) is 1.19. The Kier molecular flexibility index (Phi) is 3.99. The van der Waals surface area contributed by atoms with E-state index in [1.54, 1.807) is 0 Å². The van der Waals surface area contributed by atoms with Gasteiger partial charge < -0.3 is 5.32 Å². The number of hydrogen-bond donors (Lipinski definition) is 2. The molecule has 100 valence electrons. The lowest BCUT2D eigenvalue weighted by molar-refractivity contribution is 0.392. The first kappa shape index (κ1) is 12.2. The van der Waals surface area contributed by atoms with Gasteiger partial charge in [0.2, 0.25) is 0 Å². The molecule has 2 N–H and O–H groups in total. The molecule has 1 unspecified atom stereocenters. The number of aromatic nitrogens is 2. The molecule has 1 aromatic rings. The first-order chi connectivity index (χ1) is 8.93. The van der Waals surface area contributed by atoms with Crippen LogP contribution in [0.25, 0.3) is 0 Å². The molecule has 2 aliphatic rings. The van der Waals surface area contributed by atoms with Crippen molar-refractivity contribution in [2.75, 3.05) is 6.54 Å². The minimum atomic E-state index is 0.668. The Morgan fingerprint density at radius 3 is 2.67 bits per heavy atom. The quantitative estimate of drug-likeness (QED) is 0.861. The molecule has 1 aliphatic carbocycles. The number of nitrogens with one attached hydrogen (secondary N) is 2. The molecule has 3 rings (SSSR count). The number of H-pyrrole nitrogens is 1. The molecule has 3 nitrogen and oxygen atoms in total. The second kappa shape index (κ2) is 5.87. The van der Waals surface area contributed by atoms with Crippen molar-refractivity contribution in [3.8, 4) is 0 Å². The standard InChI is InChI=1S/C15H25N3/c1-2-6-12(7-3-1)14-11-17-18-15(14)10-13-8-4-5-9-16-13/h11-13,16H,1-10H2,(H,17,18). The molecule has 1 saturated carbocycles. The molecule has 1 saturated heterocycles. The van der Waals surface area contributed by atoms with E-state index in [2.05, 4.69) is 21.7 Å². The zero-order chi connectivity index (χ0) is 12.2. The van der Waals surface area contributed by atoms with Gasteiger partial charge >= 0.3 is 0 Å². The summed E-state index contributed by atoms with van der Waals surface area (Å²) in [6, 6.07) is 0.668. The highest BCUT2D eigenvalue weighted by molar-refractivity contribution is 5.23. The highest BCUT2D eigenvalue weighted by atomic mass is 15.1. The third-order valence-electron chi connectivity index (χ3n) is 4.66. The maximum absolute atomic E-state index is 4.31. The van der Waals surface area contributed by atoms with Crippen LogP contribution in [0.4, 0.5) is 0 Å². The molecule has 2 fully saturated rings. The molecule has 3 heteroatoms. The van der Waals surface area contributed by atoms with Gasteiger partial charge in [-0.15, -0.1) is 0 Å². The van der Waals surface area contributed by atoms with E-state index in [-0.39, 0.29) is 0 Å². The Hall–Kier alpha value is -0.830. The fourth-order valence-electron chi connectivity index (χ4n) is 3.60. The van der Waals surface area contributed by atoms with Gasteiger partial charge in [-0.1, -0.05) is 25.7 Å². The number of rotatable bonds is 3. The van der Waals surface area contributed by atoms with Crippen molar-refractivity contribution in [2.45, 2.75) is 69.7 Å². The highest BCUT2D eigenvalue weighted by Gasteiger charge is 2.22. The summed E-state index contributed by atoms with van der Waals surface area (Å²) in [6.07, 6.45) is 14.2. The molecule has 0 amide bonds. The maximum Gasteiger partial charge on any atom is 0.0524 e. The molecule has 0 aromatic carbocycles. The normalized spacial score (nSPS) is 26.3. The van der Waals surface area contributed by atoms with Crippen molar-refractivity contribution >= 4 is 0 Å². The third-order valence-corrected chi connectivity index (χ3v) is 4.66. The molecular formula is C15H25N3. The summed E-state index contributed by atoms with van der Waals surface area (Å²) < 4.78 is 0. The third kappa shape index (κ3) is 2.77. The lowest BCUT2D eigenvalue weighted by Crippen LogP contribution is -2.36. The van der Waals surface area contributed by atoms with Crippen molar-refractivity contribution in [1.82, 2.24) is 15.5 Å². The second-order valence-corrected chi connectivity index (χ2v) is 5.99. The zero-order valence-corrected chi connectivity index (χ0v) is 11.3. The largest absolute Gasteiger partial charge is 0.314 e. The van der Waals surface area contributed by atoms with Crippen LogP contribution in [0.15, 0.2) is 6.20 Å². The molecule has 1 atom stereocenters. The summed E-state index contributed by atoms with van der Waals surface area (Å²) in [5.74, 6) is 0.774. The minimum Gasteiger partial charge on any atom is -0.314 e. The average Bonchev–Trinajstić information content (AvgIpc) is 2.89. The number of nitrogens with zero attached hydrogens (tertiary/aromatic N) is 1. The summed E-state index contributed by atoms with van der Waals surface area (Å²) in [5.41, 5.74) is 2.92. The van der Waals surface area contributed by atoms with E-state index in [0.717, 1.165) is 12.3 Å². The van der Waals surface area contributed by atoms with E-state index >= 15 is 0 Å². The molecule has 18 heavy (non-hydrogen) atoms. The van der Waals surface area contributed by atoms with Crippen LogP contribution in [-0.2, 0) is 6.42 Å². The van der Waals surface area contributed by atoms with Gasteiger partial charge in [0.05, 0.1) is 6.20 Å². The molecule has 0 bridgehead atoms. The van der Waals surface area contributed by atoms with Crippen LogP contribution in [0.3, 0.4) is 0 Å². The van der Waals surface area contributed by atoms with E-state index in [1.165, 1.54) is 69.2 Å². The molecule has 1 aromatic heterocycles. The van der Waals surface area contributed by atoms with E-state index in [0.29, 0.717) is 6.04 Å². The first-order valence-corrected chi connectivity index (χ1v) is 7.69. The average molecular weight is 247 g/mol. The SMILES string of the molecule is c1n[nH]c(CC2CCCCN2)c1C1CCCCC1. The van der Waals surface area contributed by atoms with E-state index in [9.17, 15) is 0 Å².